The Morgan fingerprint density at radius 2 is 1.96 bits per heavy atom. The molecule has 2 nitrogen and oxygen atoms in total. The van der Waals surface area contributed by atoms with Crippen molar-refractivity contribution in [2.75, 3.05) is 19.3 Å². The SMILES string of the molecule is C=CCN(CCCCCC)C(/C=C\CP([O-])c1ccccc1)=C/C. The Bertz CT molecular complexity index is 510. The number of benzene rings is 1. The molecule has 1 aromatic carbocycles. The fourth-order valence-electron chi connectivity index (χ4n) is 2.56. The van der Waals surface area contributed by atoms with Gasteiger partial charge in [0.05, 0.1) is 0 Å². The van der Waals surface area contributed by atoms with Crippen molar-refractivity contribution >= 4 is 13.5 Å². The minimum atomic E-state index is -1.36. The lowest BCUT2D eigenvalue weighted by Gasteiger charge is -2.25. The maximum absolute atomic E-state index is 12.3. The molecule has 24 heavy (non-hydrogen) atoms. The van der Waals surface area contributed by atoms with Crippen molar-refractivity contribution in [1.29, 1.82) is 0 Å². The van der Waals surface area contributed by atoms with Gasteiger partial charge < -0.3 is 9.79 Å². The first-order valence-electron chi connectivity index (χ1n) is 8.91. The minimum absolute atomic E-state index is 0.578. The van der Waals surface area contributed by atoms with E-state index in [9.17, 15) is 4.89 Å². The lowest BCUT2D eigenvalue weighted by Crippen LogP contribution is -2.23. The van der Waals surface area contributed by atoms with Gasteiger partial charge >= 0.3 is 0 Å². The van der Waals surface area contributed by atoms with Crippen LogP contribution in [0, 0.1) is 0 Å². The molecule has 0 aromatic heterocycles. The van der Waals surface area contributed by atoms with Gasteiger partial charge in [0.25, 0.3) is 0 Å². The van der Waals surface area contributed by atoms with E-state index in [2.05, 4.69) is 37.5 Å². The van der Waals surface area contributed by atoms with Crippen LogP contribution in [0.25, 0.3) is 0 Å². The summed E-state index contributed by atoms with van der Waals surface area (Å²) in [4.78, 5) is 14.6. The Morgan fingerprint density at radius 1 is 1.21 bits per heavy atom. The van der Waals surface area contributed by atoms with E-state index in [1.54, 1.807) is 0 Å². The zero-order valence-corrected chi connectivity index (χ0v) is 16.1. The van der Waals surface area contributed by atoms with Gasteiger partial charge in [0.15, 0.2) is 0 Å². The summed E-state index contributed by atoms with van der Waals surface area (Å²) in [7, 11) is -1.36. The molecule has 0 heterocycles. The maximum atomic E-state index is 12.3. The van der Waals surface area contributed by atoms with Crippen LogP contribution in [0.2, 0.25) is 0 Å². The predicted molar refractivity (Wildman–Crippen MR) is 107 cm³/mol. The topological polar surface area (TPSA) is 26.3 Å². The first kappa shape index (κ1) is 20.7. The lowest BCUT2D eigenvalue weighted by atomic mass is 10.2. The summed E-state index contributed by atoms with van der Waals surface area (Å²) in [6.07, 6.45) is 13.8. The highest BCUT2D eigenvalue weighted by Crippen LogP contribution is 2.23. The highest BCUT2D eigenvalue weighted by molar-refractivity contribution is 7.58. The Morgan fingerprint density at radius 3 is 2.58 bits per heavy atom. The summed E-state index contributed by atoms with van der Waals surface area (Å²) < 4.78 is 0. The van der Waals surface area contributed by atoms with Gasteiger partial charge in [0.1, 0.15) is 0 Å². The number of hydrogen-bond donors (Lipinski definition) is 0. The smallest absolute Gasteiger partial charge is 0.0356 e. The predicted octanol–water partition coefficient (Wildman–Crippen LogP) is 4.60. The molecule has 0 bridgehead atoms. The summed E-state index contributed by atoms with van der Waals surface area (Å²) in [6.45, 7) is 10.0. The Kier molecular flexibility index (Phi) is 11.2. The molecule has 0 fully saturated rings. The molecule has 1 aromatic rings. The summed E-state index contributed by atoms with van der Waals surface area (Å²) in [5.74, 6) is 0. The first-order chi connectivity index (χ1) is 11.7. The second-order valence-electron chi connectivity index (χ2n) is 5.81. The quantitative estimate of drug-likeness (QED) is 0.240. The molecule has 132 valence electrons. The van der Waals surface area contributed by atoms with Gasteiger partial charge in [0, 0.05) is 18.8 Å². The van der Waals surface area contributed by atoms with Gasteiger partial charge in [-0.15, -0.1) is 6.58 Å². The highest BCUT2D eigenvalue weighted by Gasteiger charge is 2.04. The van der Waals surface area contributed by atoms with E-state index in [-0.39, 0.29) is 0 Å². The van der Waals surface area contributed by atoms with E-state index in [0.717, 1.165) is 18.4 Å². The van der Waals surface area contributed by atoms with Crippen LogP contribution >= 0.6 is 8.15 Å². The van der Waals surface area contributed by atoms with Crippen molar-refractivity contribution in [2.45, 2.75) is 39.5 Å². The summed E-state index contributed by atoms with van der Waals surface area (Å²) >= 11 is 0. The Hall–Kier alpha value is -1.37. The van der Waals surface area contributed by atoms with Crippen LogP contribution in [-0.2, 0) is 0 Å². The van der Waals surface area contributed by atoms with Crippen molar-refractivity contribution in [3.05, 3.63) is 66.9 Å². The van der Waals surface area contributed by atoms with E-state index in [1.807, 2.05) is 42.5 Å². The molecule has 0 radical (unpaired) electrons. The van der Waals surface area contributed by atoms with E-state index in [1.165, 1.54) is 31.4 Å². The highest BCUT2D eigenvalue weighted by atomic mass is 31.1. The monoisotopic (exact) mass is 344 g/mol. The molecule has 1 rings (SSSR count). The van der Waals surface area contributed by atoms with Crippen molar-refractivity contribution in [3.8, 4) is 0 Å². The zero-order valence-electron chi connectivity index (χ0n) is 15.2. The third-order valence-electron chi connectivity index (χ3n) is 3.90. The van der Waals surface area contributed by atoms with Crippen molar-refractivity contribution in [2.24, 2.45) is 0 Å². The second-order valence-corrected chi connectivity index (χ2v) is 7.45. The van der Waals surface area contributed by atoms with Crippen molar-refractivity contribution in [3.63, 3.8) is 0 Å². The molecule has 0 N–H and O–H groups in total. The molecule has 1 unspecified atom stereocenters. The number of nitrogens with zero attached hydrogens (tertiary/aromatic N) is 1. The average molecular weight is 344 g/mol. The number of allylic oxidation sites excluding steroid dienone is 3. The van der Waals surface area contributed by atoms with E-state index < -0.39 is 8.15 Å². The van der Waals surface area contributed by atoms with Gasteiger partial charge in [-0.3, -0.25) is 0 Å². The van der Waals surface area contributed by atoms with E-state index in [4.69, 9.17) is 0 Å². The summed E-state index contributed by atoms with van der Waals surface area (Å²) in [5, 5.41) is 0.918. The van der Waals surface area contributed by atoms with Gasteiger partial charge in [-0.1, -0.05) is 74.7 Å². The van der Waals surface area contributed by atoms with E-state index in [0.29, 0.717) is 6.16 Å². The van der Waals surface area contributed by atoms with Gasteiger partial charge in [-0.25, -0.2) is 0 Å². The van der Waals surface area contributed by atoms with Crippen LogP contribution in [0.4, 0.5) is 0 Å². The second kappa shape index (κ2) is 13.0. The van der Waals surface area contributed by atoms with Crippen LogP contribution < -0.4 is 10.2 Å². The first-order valence-corrected chi connectivity index (χ1v) is 10.4. The molecule has 3 heteroatoms. The normalized spacial score (nSPS) is 13.2. The largest absolute Gasteiger partial charge is 0.826 e. The zero-order chi connectivity index (χ0) is 17.6. The van der Waals surface area contributed by atoms with Crippen LogP contribution in [-0.4, -0.2) is 24.2 Å². The van der Waals surface area contributed by atoms with Gasteiger partial charge in [-0.05, 0) is 30.9 Å². The minimum Gasteiger partial charge on any atom is -0.826 e. The molecule has 0 aliphatic carbocycles. The van der Waals surface area contributed by atoms with Crippen LogP contribution in [0.15, 0.2) is 66.9 Å². The van der Waals surface area contributed by atoms with Crippen molar-refractivity contribution in [1.82, 2.24) is 4.90 Å². The molecular formula is C21H31NOP-. The lowest BCUT2D eigenvalue weighted by molar-refractivity contribution is -0.155. The molecule has 0 saturated carbocycles. The van der Waals surface area contributed by atoms with E-state index >= 15 is 0 Å². The van der Waals surface area contributed by atoms with Crippen LogP contribution in [0.3, 0.4) is 0 Å². The third-order valence-corrected chi connectivity index (χ3v) is 5.31. The molecule has 0 aliphatic rings. The Balaban J connectivity index is 2.57. The number of hydrogen-bond acceptors (Lipinski definition) is 2. The molecular weight excluding hydrogens is 313 g/mol. The molecule has 0 amide bonds. The molecule has 0 aliphatic heterocycles. The standard InChI is InChI=1S/C21H31NOP/c1-4-7-8-12-18-22(17-5-2)20(6-3)14-13-19-24(23)21-15-10-9-11-16-21/h5-6,9-11,13-16H,2,4,7-8,12,17-19H2,1,3H3/q-1/b14-13-,20-6+. The molecule has 0 spiro atoms. The number of unbranched alkanes of at least 4 members (excludes halogenated alkanes) is 3. The van der Waals surface area contributed by atoms with Crippen molar-refractivity contribution < 1.29 is 4.89 Å². The van der Waals surface area contributed by atoms with Crippen LogP contribution in [0.5, 0.6) is 0 Å². The van der Waals surface area contributed by atoms with Gasteiger partial charge in [-0.2, -0.15) is 8.15 Å². The Labute approximate surface area is 149 Å². The third kappa shape index (κ3) is 7.95. The summed E-state index contributed by atoms with van der Waals surface area (Å²) in [6, 6.07) is 9.69. The number of rotatable bonds is 12. The van der Waals surface area contributed by atoms with Crippen LogP contribution in [0.1, 0.15) is 39.5 Å². The fraction of sp³-hybridized carbons (Fsp3) is 0.429. The summed E-state index contributed by atoms with van der Waals surface area (Å²) in [5.41, 5.74) is 1.18. The molecule has 0 saturated heterocycles. The van der Waals surface area contributed by atoms with Gasteiger partial charge in [0.2, 0.25) is 0 Å². The molecule has 1 atom stereocenters. The average Bonchev–Trinajstić information content (AvgIpc) is 2.62. The fourth-order valence-corrected chi connectivity index (χ4v) is 3.58. The maximum Gasteiger partial charge on any atom is 0.0356 e.